The largest absolute Gasteiger partial charge is 0.461 e. The van der Waals surface area contributed by atoms with Gasteiger partial charge in [0, 0.05) is 19.2 Å². The molecule has 0 saturated carbocycles. The lowest BCUT2D eigenvalue weighted by Gasteiger charge is -2.01. The van der Waals surface area contributed by atoms with Gasteiger partial charge in [-0.2, -0.15) is 5.10 Å². The Labute approximate surface area is 97.8 Å². The minimum Gasteiger partial charge on any atom is -0.461 e. The van der Waals surface area contributed by atoms with Gasteiger partial charge < -0.3 is 4.74 Å². The number of H-pyrrole nitrogens is 1. The molecule has 0 aliphatic heterocycles. The molecule has 0 radical (unpaired) electrons. The van der Waals surface area contributed by atoms with Gasteiger partial charge in [0.1, 0.15) is 12.3 Å². The first-order valence-corrected chi connectivity index (χ1v) is 5.19. The van der Waals surface area contributed by atoms with Gasteiger partial charge in [-0.1, -0.05) is 12.1 Å². The fourth-order valence-corrected chi connectivity index (χ4v) is 1.61. The lowest BCUT2D eigenvalue weighted by Crippen LogP contribution is -1.98. The number of carbonyl (C=O) groups excluding carboxylic acids is 2. The van der Waals surface area contributed by atoms with E-state index in [2.05, 4.69) is 10.2 Å². The van der Waals surface area contributed by atoms with E-state index in [0.717, 1.165) is 16.5 Å². The van der Waals surface area contributed by atoms with Crippen LogP contribution in [0.1, 0.15) is 29.9 Å². The Balaban J connectivity index is 2.32. The molecule has 0 unspecified atom stereocenters. The third-order valence-corrected chi connectivity index (χ3v) is 2.40. The summed E-state index contributed by atoms with van der Waals surface area (Å²) in [7, 11) is 0. The zero-order valence-electron chi connectivity index (χ0n) is 9.61. The second-order valence-electron chi connectivity index (χ2n) is 3.79. The minimum absolute atomic E-state index is 0.0796. The third-order valence-electron chi connectivity index (χ3n) is 2.40. The number of aromatic nitrogens is 2. The van der Waals surface area contributed by atoms with E-state index in [0.29, 0.717) is 5.69 Å². The quantitative estimate of drug-likeness (QED) is 0.647. The van der Waals surface area contributed by atoms with Crippen molar-refractivity contribution in [2.24, 2.45) is 0 Å². The molecule has 0 spiro atoms. The lowest BCUT2D eigenvalue weighted by molar-refractivity contribution is -0.142. The van der Waals surface area contributed by atoms with Crippen LogP contribution in [0.25, 0.3) is 10.9 Å². The van der Waals surface area contributed by atoms with Gasteiger partial charge in [0.15, 0.2) is 5.78 Å². The summed E-state index contributed by atoms with van der Waals surface area (Å²) in [5, 5.41) is 7.52. The van der Waals surface area contributed by atoms with Gasteiger partial charge in [0.25, 0.3) is 0 Å². The standard InChI is InChI=1S/C12H12N2O3/c1-7(15)12-10-4-3-9(6-17-8(2)16)5-11(10)13-14-12/h3-5H,6H2,1-2H3,(H,13,14). The Morgan fingerprint density at radius 3 is 2.76 bits per heavy atom. The van der Waals surface area contributed by atoms with Crippen molar-refractivity contribution < 1.29 is 14.3 Å². The molecule has 0 saturated heterocycles. The topological polar surface area (TPSA) is 72.1 Å². The minimum atomic E-state index is -0.320. The predicted molar refractivity (Wildman–Crippen MR) is 61.6 cm³/mol. The molecule has 0 bridgehead atoms. The van der Waals surface area contributed by atoms with Gasteiger partial charge in [-0.25, -0.2) is 0 Å². The van der Waals surface area contributed by atoms with Crippen LogP contribution in [0, 0.1) is 0 Å². The summed E-state index contributed by atoms with van der Waals surface area (Å²) < 4.78 is 4.89. The van der Waals surface area contributed by atoms with Crippen molar-refractivity contribution in [3.63, 3.8) is 0 Å². The van der Waals surface area contributed by atoms with Crippen LogP contribution in [0.2, 0.25) is 0 Å². The van der Waals surface area contributed by atoms with E-state index in [1.807, 2.05) is 12.1 Å². The van der Waals surface area contributed by atoms with Crippen LogP contribution in [0.4, 0.5) is 0 Å². The summed E-state index contributed by atoms with van der Waals surface area (Å²) in [4.78, 5) is 22.0. The number of benzene rings is 1. The monoisotopic (exact) mass is 232 g/mol. The second-order valence-corrected chi connectivity index (χ2v) is 3.79. The molecule has 5 heteroatoms. The first kappa shape index (κ1) is 11.3. The number of nitrogens with zero attached hydrogens (tertiary/aromatic N) is 1. The van der Waals surface area contributed by atoms with Gasteiger partial charge in [0.05, 0.1) is 5.52 Å². The average molecular weight is 232 g/mol. The van der Waals surface area contributed by atoms with E-state index in [1.165, 1.54) is 13.8 Å². The molecule has 88 valence electrons. The molecular weight excluding hydrogens is 220 g/mol. The fraction of sp³-hybridized carbons (Fsp3) is 0.250. The van der Waals surface area contributed by atoms with Crippen molar-refractivity contribution in [2.75, 3.05) is 0 Å². The fourth-order valence-electron chi connectivity index (χ4n) is 1.61. The number of carbonyl (C=O) groups is 2. The molecule has 17 heavy (non-hydrogen) atoms. The van der Waals surface area contributed by atoms with E-state index >= 15 is 0 Å². The zero-order chi connectivity index (χ0) is 12.4. The molecule has 1 aromatic heterocycles. The number of aromatic amines is 1. The number of rotatable bonds is 3. The number of fused-ring (bicyclic) bond motifs is 1. The molecule has 2 rings (SSSR count). The Bertz CT molecular complexity index is 586. The zero-order valence-corrected chi connectivity index (χ0v) is 9.61. The number of Topliss-reactive ketones (excluding diaryl/α,β-unsaturated/α-hetero) is 1. The van der Waals surface area contributed by atoms with Crippen LogP contribution in [-0.4, -0.2) is 21.9 Å². The van der Waals surface area contributed by atoms with Gasteiger partial charge in [-0.3, -0.25) is 14.7 Å². The van der Waals surface area contributed by atoms with Gasteiger partial charge in [-0.05, 0) is 11.6 Å². The average Bonchev–Trinajstić information content (AvgIpc) is 2.69. The van der Waals surface area contributed by atoms with Crippen molar-refractivity contribution in [2.45, 2.75) is 20.5 Å². The number of ether oxygens (including phenoxy) is 1. The number of esters is 1. The van der Waals surface area contributed by atoms with Crippen molar-refractivity contribution in [3.8, 4) is 0 Å². The molecule has 0 aliphatic carbocycles. The van der Waals surface area contributed by atoms with Crippen LogP contribution in [0.3, 0.4) is 0 Å². The number of hydrogen-bond donors (Lipinski definition) is 1. The van der Waals surface area contributed by atoms with Crippen LogP contribution in [0.5, 0.6) is 0 Å². The molecule has 0 fully saturated rings. The summed E-state index contributed by atoms with van der Waals surface area (Å²) in [6, 6.07) is 5.43. The van der Waals surface area contributed by atoms with Crippen molar-refractivity contribution in [1.82, 2.24) is 10.2 Å². The van der Waals surface area contributed by atoms with Crippen molar-refractivity contribution >= 4 is 22.7 Å². The summed E-state index contributed by atoms with van der Waals surface area (Å²) >= 11 is 0. The highest BCUT2D eigenvalue weighted by Gasteiger charge is 2.10. The third kappa shape index (κ3) is 2.33. The normalized spacial score (nSPS) is 10.5. The smallest absolute Gasteiger partial charge is 0.302 e. The Kier molecular flexibility index (Phi) is 2.91. The highest BCUT2D eigenvalue weighted by molar-refractivity contribution is 6.04. The molecule has 0 amide bonds. The van der Waals surface area contributed by atoms with Gasteiger partial charge in [0.2, 0.25) is 0 Å². The van der Waals surface area contributed by atoms with E-state index in [4.69, 9.17) is 4.74 Å². The molecule has 0 atom stereocenters. The first-order chi connectivity index (χ1) is 8.08. The van der Waals surface area contributed by atoms with Crippen LogP contribution < -0.4 is 0 Å². The summed E-state index contributed by atoms with van der Waals surface area (Å²) in [6.45, 7) is 3.06. The summed E-state index contributed by atoms with van der Waals surface area (Å²) in [6.07, 6.45) is 0. The predicted octanol–water partition coefficient (Wildman–Crippen LogP) is 1.83. The summed E-state index contributed by atoms with van der Waals surface area (Å²) in [5.74, 6) is -0.400. The van der Waals surface area contributed by atoms with Crippen LogP contribution >= 0.6 is 0 Å². The highest BCUT2D eigenvalue weighted by atomic mass is 16.5. The van der Waals surface area contributed by atoms with E-state index in [-0.39, 0.29) is 18.4 Å². The molecule has 1 N–H and O–H groups in total. The molecule has 2 aromatic rings. The van der Waals surface area contributed by atoms with E-state index in [1.54, 1.807) is 6.07 Å². The number of hydrogen-bond acceptors (Lipinski definition) is 4. The first-order valence-electron chi connectivity index (χ1n) is 5.19. The van der Waals surface area contributed by atoms with Crippen LogP contribution in [0.15, 0.2) is 18.2 Å². The summed E-state index contributed by atoms with van der Waals surface area (Å²) in [5.41, 5.74) is 2.05. The lowest BCUT2D eigenvalue weighted by atomic mass is 10.1. The SMILES string of the molecule is CC(=O)OCc1ccc2c(C(C)=O)n[nH]c2c1. The highest BCUT2D eigenvalue weighted by Crippen LogP contribution is 2.18. The van der Waals surface area contributed by atoms with Crippen molar-refractivity contribution in [3.05, 3.63) is 29.5 Å². The van der Waals surface area contributed by atoms with E-state index < -0.39 is 0 Å². The molecule has 1 heterocycles. The molecule has 1 aromatic carbocycles. The van der Waals surface area contributed by atoms with Crippen molar-refractivity contribution in [1.29, 1.82) is 0 Å². The maximum atomic E-state index is 11.3. The molecular formula is C12H12N2O3. The van der Waals surface area contributed by atoms with E-state index in [9.17, 15) is 9.59 Å². The maximum absolute atomic E-state index is 11.3. The maximum Gasteiger partial charge on any atom is 0.302 e. The van der Waals surface area contributed by atoms with Gasteiger partial charge in [-0.15, -0.1) is 0 Å². The van der Waals surface area contributed by atoms with Gasteiger partial charge >= 0.3 is 5.97 Å². The van der Waals surface area contributed by atoms with Crippen LogP contribution in [-0.2, 0) is 16.1 Å². The molecule has 5 nitrogen and oxygen atoms in total. The number of ketones is 1. The Morgan fingerprint density at radius 2 is 2.12 bits per heavy atom. The molecule has 0 aliphatic rings. The Hall–Kier alpha value is -2.17. The number of nitrogens with one attached hydrogen (secondary N) is 1. The Morgan fingerprint density at radius 1 is 1.35 bits per heavy atom. The second kappa shape index (κ2) is 4.37.